The van der Waals surface area contributed by atoms with E-state index in [1.807, 2.05) is 6.07 Å². The Labute approximate surface area is 127 Å². The number of amides is 2. The molecule has 112 valence electrons. The fourth-order valence-corrected chi connectivity index (χ4v) is 1.66. The highest BCUT2D eigenvalue weighted by molar-refractivity contribution is 5.94. The molecule has 0 aliphatic rings. The lowest BCUT2D eigenvalue weighted by Crippen LogP contribution is -2.20. The summed E-state index contributed by atoms with van der Waals surface area (Å²) in [5.41, 5.74) is 8.69. The Balaban J connectivity index is 1.94. The van der Waals surface area contributed by atoms with E-state index >= 15 is 0 Å². The molecule has 0 saturated heterocycles. The minimum Gasteiger partial charge on any atom is -0.484 e. The van der Waals surface area contributed by atoms with Gasteiger partial charge in [0.05, 0.1) is 6.21 Å². The maximum atomic E-state index is 11.8. The van der Waals surface area contributed by atoms with E-state index in [-0.39, 0.29) is 12.5 Å². The highest BCUT2D eigenvalue weighted by atomic mass is 16.5. The van der Waals surface area contributed by atoms with E-state index in [1.54, 1.807) is 48.5 Å². The zero-order valence-corrected chi connectivity index (χ0v) is 11.7. The zero-order valence-electron chi connectivity index (χ0n) is 11.7. The summed E-state index contributed by atoms with van der Waals surface area (Å²) >= 11 is 0. The van der Waals surface area contributed by atoms with Crippen molar-refractivity contribution in [3.8, 4) is 5.75 Å². The van der Waals surface area contributed by atoms with Crippen LogP contribution < -0.4 is 15.9 Å². The molecule has 2 rings (SSSR count). The molecule has 0 unspecified atom stereocenters. The van der Waals surface area contributed by atoms with Gasteiger partial charge in [-0.2, -0.15) is 5.10 Å². The lowest BCUT2D eigenvalue weighted by Gasteiger charge is -2.04. The predicted octanol–water partition coefficient (Wildman–Crippen LogP) is 1.31. The Hall–Kier alpha value is -3.15. The summed E-state index contributed by atoms with van der Waals surface area (Å²) in [5.74, 6) is -0.343. The summed E-state index contributed by atoms with van der Waals surface area (Å²) in [4.78, 5) is 22.4. The first kappa shape index (κ1) is 15.2. The molecule has 0 aliphatic heterocycles. The second kappa shape index (κ2) is 7.58. The van der Waals surface area contributed by atoms with E-state index < -0.39 is 5.91 Å². The van der Waals surface area contributed by atoms with Crippen LogP contribution in [0.3, 0.4) is 0 Å². The standard InChI is InChI=1S/C16H15N3O3/c17-15(20)11-22-14-8-4-5-12(9-14)10-18-19-16(21)13-6-2-1-3-7-13/h1-10H,11H2,(H2,17,20)(H,19,21)/b18-10+. The van der Waals surface area contributed by atoms with Gasteiger partial charge in [-0.25, -0.2) is 5.43 Å². The first-order valence-electron chi connectivity index (χ1n) is 6.55. The molecule has 0 spiro atoms. The number of rotatable bonds is 6. The van der Waals surface area contributed by atoms with Gasteiger partial charge in [0.15, 0.2) is 6.61 Å². The maximum absolute atomic E-state index is 11.8. The monoisotopic (exact) mass is 297 g/mol. The van der Waals surface area contributed by atoms with Crippen LogP contribution in [0.25, 0.3) is 0 Å². The zero-order chi connectivity index (χ0) is 15.8. The lowest BCUT2D eigenvalue weighted by atomic mass is 10.2. The van der Waals surface area contributed by atoms with Crippen molar-refractivity contribution in [2.45, 2.75) is 0 Å². The summed E-state index contributed by atoms with van der Waals surface area (Å²) < 4.78 is 5.18. The third-order valence-corrected chi connectivity index (χ3v) is 2.65. The molecular formula is C16H15N3O3. The largest absolute Gasteiger partial charge is 0.484 e. The van der Waals surface area contributed by atoms with E-state index in [0.717, 1.165) is 5.56 Å². The normalized spacial score (nSPS) is 10.4. The molecule has 2 amide bonds. The van der Waals surface area contributed by atoms with Crippen LogP contribution in [-0.4, -0.2) is 24.6 Å². The number of carbonyl (C=O) groups excluding carboxylic acids is 2. The molecule has 0 heterocycles. The molecule has 0 atom stereocenters. The van der Waals surface area contributed by atoms with Gasteiger partial charge in [-0.3, -0.25) is 9.59 Å². The van der Waals surface area contributed by atoms with Crippen LogP contribution in [0.1, 0.15) is 15.9 Å². The van der Waals surface area contributed by atoms with Crippen LogP contribution in [0.2, 0.25) is 0 Å². The van der Waals surface area contributed by atoms with Gasteiger partial charge in [0.2, 0.25) is 0 Å². The number of nitrogens with two attached hydrogens (primary N) is 1. The second-order valence-electron chi connectivity index (χ2n) is 4.39. The first-order chi connectivity index (χ1) is 10.6. The van der Waals surface area contributed by atoms with Gasteiger partial charge >= 0.3 is 0 Å². The SMILES string of the molecule is NC(=O)COc1cccc(/C=N/NC(=O)c2ccccc2)c1. The van der Waals surface area contributed by atoms with Crippen LogP contribution in [0.5, 0.6) is 5.75 Å². The van der Waals surface area contributed by atoms with Gasteiger partial charge < -0.3 is 10.5 Å². The van der Waals surface area contributed by atoms with Crippen molar-refractivity contribution in [3.05, 3.63) is 65.7 Å². The van der Waals surface area contributed by atoms with Crippen molar-refractivity contribution in [2.75, 3.05) is 6.61 Å². The molecule has 0 radical (unpaired) electrons. The molecule has 3 N–H and O–H groups in total. The van der Waals surface area contributed by atoms with Gasteiger partial charge in [-0.05, 0) is 29.8 Å². The van der Waals surface area contributed by atoms with E-state index in [1.165, 1.54) is 6.21 Å². The topological polar surface area (TPSA) is 93.8 Å². The van der Waals surface area contributed by atoms with Crippen LogP contribution in [0, 0.1) is 0 Å². The summed E-state index contributed by atoms with van der Waals surface area (Å²) in [6.07, 6.45) is 1.48. The van der Waals surface area contributed by atoms with Crippen molar-refractivity contribution in [2.24, 2.45) is 10.8 Å². The Kier molecular flexibility index (Phi) is 5.25. The number of benzene rings is 2. The molecular weight excluding hydrogens is 282 g/mol. The molecule has 0 fully saturated rings. The quantitative estimate of drug-likeness (QED) is 0.622. The Morgan fingerprint density at radius 2 is 1.91 bits per heavy atom. The highest BCUT2D eigenvalue weighted by Crippen LogP contribution is 2.11. The van der Waals surface area contributed by atoms with Gasteiger partial charge in [0.25, 0.3) is 11.8 Å². The van der Waals surface area contributed by atoms with Crippen LogP contribution in [0.15, 0.2) is 59.7 Å². The third kappa shape index (κ3) is 4.75. The average molecular weight is 297 g/mol. The van der Waals surface area contributed by atoms with Crippen LogP contribution in [0.4, 0.5) is 0 Å². The second-order valence-corrected chi connectivity index (χ2v) is 4.39. The van der Waals surface area contributed by atoms with Crippen molar-refractivity contribution in [1.82, 2.24) is 5.43 Å². The number of nitrogens with zero attached hydrogens (tertiary/aromatic N) is 1. The number of hydrogen-bond acceptors (Lipinski definition) is 4. The van der Waals surface area contributed by atoms with Crippen molar-refractivity contribution in [3.63, 3.8) is 0 Å². The van der Waals surface area contributed by atoms with Crippen LogP contribution in [-0.2, 0) is 4.79 Å². The number of carbonyl (C=O) groups is 2. The fraction of sp³-hybridized carbons (Fsp3) is 0.0625. The van der Waals surface area contributed by atoms with E-state index in [2.05, 4.69) is 10.5 Å². The smallest absolute Gasteiger partial charge is 0.271 e. The molecule has 6 heteroatoms. The van der Waals surface area contributed by atoms with Crippen molar-refractivity contribution >= 4 is 18.0 Å². The predicted molar refractivity (Wildman–Crippen MR) is 82.6 cm³/mol. The van der Waals surface area contributed by atoms with Crippen molar-refractivity contribution in [1.29, 1.82) is 0 Å². The van der Waals surface area contributed by atoms with E-state index in [9.17, 15) is 9.59 Å². The van der Waals surface area contributed by atoms with Gasteiger partial charge in [0, 0.05) is 5.56 Å². The molecule has 0 aromatic heterocycles. The molecule has 2 aromatic carbocycles. The number of hydrazone groups is 1. The number of hydrogen-bond donors (Lipinski definition) is 2. The average Bonchev–Trinajstić information content (AvgIpc) is 2.54. The molecule has 2 aromatic rings. The maximum Gasteiger partial charge on any atom is 0.271 e. The number of nitrogens with one attached hydrogen (secondary N) is 1. The lowest BCUT2D eigenvalue weighted by molar-refractivity contribution is -0.119. The third-order valence-electron chi connectivity index (χ3n) is 2.65. The summed E-state index contributed by atoms with van der Waals surface area (Å²) in [6.45, 7) is -0.189. The van der Waals surface area contributed by atoms with Crippen LogP contribution >= 0.6 is 0 Å². The molecule has 0 bridgehead atoms. The van der Waals surface area contributed by atoms with Gasteiger partial charge in [-0.15, -0.1) is 0 Å². The molecule has 22 heavy (non-hydrogen) atoms. The minimum atomic E-state index is -0.547. The van der Waals surface area contributed by atoms with E-state index in [4.69, 9.17) is 10.5 Å². The van der Waals surface area contributed by atoms with Gasteiger partial charge in [-0.1, -0.05) is 30.3 Å². The number of primary amides is 1. The minimum absolute atomic E-state index is 0.189. The molecule has 0 saturated carbocycles. The summed E-state index contributed by atoms with van der Waals surface area (Å²) in [5, 5.41) is 3.88. The summed E-state index contributed by atoms with van der Waals surface area (Å²) in [7, 11) is 0. The fourth-order valence-electron chi connectivity index (χ4n) is 1.66. The first-order valence-corrected chi connectivity index (χ1v) is 6.55. The molecule has 0 aliphatic carbocycles. The number of ether oxygens (including phenoxy) is 1. The summed E-state index contributed by atoms with van der Waals surface area (Å²) in [6, 6.07) is 15.7. The Morgan fingerprint density at radius 1 is 1.14 bits per heavy atom. The highest BCUT2D eigenvalue weighted by Gasteiger charge is 2.02. The molecule has 6 nitrogen and oxygen atoms in total. The Morgan fingerprint density at radius 3 is 2.64 bits per heavy atom. The van der Waals surface area contributed by atoms with E-state index in [0.29, 0.717) is 11.3 Å². The van der Waals surface area contributed by atoms with Gasteiger partial charge in [0.1, 0.15) is 5.75 Å². The Bertz CT molecular complexity index is 684. The van der Waals surface area contributed by atoms with Crippen molar-refractivity contribution < 1.29 is 14.3 Å².